The number of methoxy groups -OCH3 is 1. The van der Waals surface area contributed by atoms with E-state index in [4.69, 9.17) is 29.7 Å². The highest BCUT2D eigenvalue weighted by molar-refractivity contribution is 7.86. The van der Waals surface area contributed by atoms with E-state index >= 15 is 0 Å². The van der Waals surface area contributed by atoms with E-state index in [1.165, 1.54) is 7.11 Å². The first-order valence-corrected chi connectivity index (χ1v) is 14.7. The minimum atomic E-state index is -3.76. The van der Waals surface area contributed by atoms with E-state index < -0.39 is 30.6 Å². The summed E-state index contributed by atoms with van der Waals surface area (Å²) >= 11 is 6.04. The lowest BCUT2D eigenvalue weighted by Crippen LogP contribution is -2.37. The zero-order valence-electron chi connectivity index (χ0n) is 17.2. The molecule has 0 saturated carbocycles. The van der Waals surface area contributed by atoms with E-state index in [0.29, 0.717) is 16.5 Å². The minimum Gasteiger partial charge on any atom is -0.493 e. The number of hydrogen-bond acceptors (Lipinski definition) is 6. The second-order valence-corrected chi connectivity index (χ2v) is 14.1. The van der Waals surface area contributed by atoms with Gasteiger partial charge in [0.05, 0.1) is 20.0 Å². The molecule has 0 fully saturated rings. The van der Waals surface area contributed by atoms with Crippen molar-refractivity contribution in [3.63, 3.8) is 0 Å². The van der Waals surface area contributed by atoms with Gasteiger partial charge in [0, 0.05) is 11.1 Å². The first-order valence-electron chi connectivity index (χ1n) is 9.06. The highest BCUT2D eigenvalue weighted by atomic mass is 35.5. The molecule has 2 unspecified atom stereocenters. The van der Waals surface area contributed by atoms with Gasteiger partial charge in [0.1, 0.15) is 6.10 Å². The highest BCUT2D eigenvalue weighted by Gasteiger charge is 2.32. The predicted molar refractivity (Wildman–Crippen MR) is 117 cm³/mol. The smallest absolute Gasteiger partial charge is 0.264 e. The van der Waals surface area contributed by atoms with Crippen molar-refractivity contribution in [1.29, 1.82) is 0 Å². The average molecular weight is 459 g/mol. The summed E-state index contributed by atoms with van der Waals surface area (Å²) in [6.45, 7) is 6.12. The third-order valence-electron chi connectivity index (χ3n) is 3.82. The van der Waals surface area contributed by atoms with Crippen LogP contribution < -0.4 is 9.47 Å². The zero-order valence-corrected chi connectivity index (χ0v) is 19.8. The van der Waals surface area contributed by atoms with Crippen LogP contribution >= 0.6 is 11.6 Å². The molecule has 160 valence electrons. The van der Waals surface area contributed by atoms with Gasteiger partial charge in [-0.1, -0.05) is 41.9 Å². The molecule has 0 amide bonds. The van der Waals surface area contributed by atoms with Crippen LogP contribution in [0.3, 0.4) is 0 Å². The maximum atomic E-state index is 12.0. The Balaban J connectivity index is 2.46. The van der Waals surface area contributed by atoms with Gasteiger partial charge < -0.3 is 13.9 Å². The van der Waals surface area contributed by atoms with Crippen molar-refractivity contribution >= 4 is 30.0 Å². The maximum Gasteiger partial charge on any atom is 0.264 e. The Morgan fingerprint density at radius 2 is 1.69 bits per heavy atom. The maximum absolute atomic E-state index is 12.0. The fraction of sp³-hybridized carbons (Fsp3) is 0.400. The number of ether oxygens (including phenoxy) is 2. The van der Waals surface area contributed by atoms with Gasteiger partial charge in [0.2, 0.25) is 0 Å². The molecule has 0 aliphatic heterocycles. The summed E-state index contributed by atoms with van der Waals surface area (Å²) in [5.41, 5.74) is 0.748. The normalized spacial score (nSPS) is 14.3. The van der Waals surface area contributed by atoms with Crippen molar-refractivity contribution in [3.05, 3.63) is 59.1 Å². The van der Waals surface area contributed by atoms with Gasteiger partial charge in [0.25, 0.3) is 10.1 Å². The van der Waals surface area contributed by atoms with E-state index in [9.17, 15) is 8.42 Å². The van der Waals surface area contributed by atoms with Crippen LogP contribution in [0.5, 0.6) is 11.5 Å². The van der Waals surface area contributed by atoms with Crippen molar-refractivity contribution in [3.8, 4) is 11.5 Å². The molecule has 9 heteroatoms. The Morgan fingerprint density at radius 1 is 1.03 bits per heavy atom. The molecular formula is C20H27ClO6SSi. The Kier molecular flexibility index (Phi) is 8.13. The highest BCUT2D eigenvalue weighted by Crippen LogP contribution is 2.35. The second kappa shape index (κ2) is 9.95. The van der Waals surface area contributed by atoms with E-state index in [-0.39, 0.29) is 6.61 Å². The predicted octanol–water partition coefficient (Wildman–Crippen LogP) is 4.67. The van der Waals surface area contributed by atoms with Gasteiger partial charge in [-0.2, -0.15) is 8.42 Å². The summed E-state index contributed by atoms with van der Waals surface area (Å²) in [6, 6.07) is 14.2. The third kappa shape index (κ3) is 7.98. The van der Waals surface area contributed by atoms with Gasteiger partial charge in [-0.15, -0.1) is 0 Å². The largest absolute Gasteiger partial charge is 0.493 e. The SMILES string of the molecule is COc1cc(Cl)ccc1OC(c1ccccc1)C(CO[Si](C)(C)C)OS(C)(=O)=O. The van der Waals surface area contributed by atoms with Gasteiger partial charge in [-0.3, -0.25) is 4.18 Å². The average Bonchev–Trinajstić information content (AvgIpc) is 2.63. The standard InChI is InChI=1S/C20H27ClO6SSi/c1-24-18-13-16(21)11-12-17(18)26-20(15-9-7-6-8-10-15)19(27-28(2,22)23)14-25-29(3,4)5/h6-13,19-20H,14H2,1-5H3. The van der Waals surface area contributed by atoms with Crippen molar-refractivity contribution in [2.24, 2.45) is 0 Å². The summed E-state index contributed by atoms with van der Waals surface area (Å²) in [5.74, 6) is 0.850. The van der Waals surface area contributed by atoms with Crippen LogP contribution in [0.25, 0.3) is 0 Å². The lowest BCUT2D eigenvalue weighted by Gasteiger charge is -2.30. The molecule has 2 aromatic carbocycles. The van der Waals surface area contributed by atoms with Gasteiger partial charge in [-0.25, -0.2) is 0 Å². The lowest BCUT2D eigenvalue weighted by molar-refractivity contribution is 0.0229. The van der Waals surface area contributed by atoms with Crippen LogP contribution in [0.4, 0.5) is 0 Å². The quantitative estimate of drug-likeness (QED) is 0.380. The number of hydrogen-bond donors (Lipinski definition) is 0. The number of benzene rings is 2. The van der Waals surface area contributed by atoms with Crippen molar-refractivity contribution < 1.29 is 26.5 Å². The summed E-state index contributed by atoms with van der Waals surface area (Å²) in [5, 5.41) is 0.497. The monoisotopic (exact) mass is 458 g/mol. The van der Waals surface area contributed by atoms with E-state index in [2.05, 4.69) is 0 Å². The molecule has 0 aliphatic rings. The third-order valence-corrected chi connectivity index (χ3v) is 5.69. The van der Waals surface area contributed by atoms with Crippen molar-refractivity contribution in [2.45, 2.75) is 31.8 Å². The molecule has 0 spiro atoms. The molecule has 0 N–H and O–H groups in total. The lowest BCUT2D eigenvalue weighted by atomic mass is 10.0. The van der Waals surface area contributed by atoms with E-state index in [1.54, 1.807) is 18.2 Å². The second-order valence-electron chi connectivity index (χ2n) is 7.51. The molecule has 0 heterocycles. The van der Waals surface area contributed by atoms with Gasteiger partial charge in [0.15, 0.2) is 25.9 Å². The molecule has 0 radical (unpaired) electrons. The molecule has 29 heavy (non-hydrogen) atoms. The summed E-state index contributed by atoms with van der Waals surface area (Å²) < 4.78 is 46.9. The van der Waals surface area contributed by atoms with Crippen molar-refractivity contribution in [2.75, 3.05) is 20.0 Å². The van der Waals surface area contributed by atoms with Crippen molar-refractivity contribution in [1.82, 2.24) is 0 Å². The first kappa shape index (κ1) is 23.7. The summed E-state index contributed by atoms with van der Waals surface area (Å²) in [7, 11) is -4.18. The Hall–Kier alpha value is -1.58. The van der Waals surface area contributed by atoms with Crippen LogP contribution in [0.2, 0.25) is 24.7 Å². The van der Waals surface area contributed by atoms with Crippen LogP contribution in [-0.2, 0) is 18.7 Å². The molecule has 6 nitrogen and oxygen atoms in total. The van der Waals surface area contributed by atoms with Crippen LogP contribution in [0, 0.1) is 0 Å². The van der Waals surface area contributed by atoms with E-state index in [1.807, 2.05) is 50.0 Å². The molecular weight excluding hydrogens is 432 g/mol. The first-order chi connectivity index (χ1) is 13.5. The summed E-state index contributed by atoms with van der Waals surface area (Å²) in [6.07, 6.45) is -0.628. The van der Waals surface area contributed by atoms with Crippen LogP contribution in [-0.4, -0.2) is 42.8 Å². The van der Waals surface area contributed by atoms with E-state index in [0.717, 1.165) is 11.8 Å². The fourth-order valence-corrected chi connectivity index (χ4v) is 4.03. The molecule has 2 aromatic rings. The molecule has 2 rings (SSSR count). The molecule has 2 atom stereocenters. The number of rotatable bonds is 10. The fourth-order valence-electron chi connectivity index (χ4n) is 2.60. The van der Waals surface area contributed by atoms with Crippen LogP contribution in [0.15, 0.2) is 48.5 Å². The molecule has 0 bridgehead atoms. The topological polar surface area (TPSA) is 71.1 Å². The van der Waals surface area contributed by atoms with Crippen LogP contribution in [0.1, 0.15) is 11.7 Å². The minimum absolute atomic E-state index is 0.0677. The summed E-state index contributed by atoms with van der Waals surface area (Å²) in [4.78, 5) is 0. The van der Waals surface area contributed by atoms with Gasteiger partial charge >= 0.3 is 0 Å². The Morgan fingerprint density at radius 3 is 2.24 bits per heavy atom. The zero-order chi connectivity index (χ0) is 21.7. The Labute approximate surface area is 179 Å². The molecule has 0 aromatic heterocycles. The Bertz CT molecular complexity index is 899. The molecule has 0 aliphatic carbocycles. The molecule has 0 saturated heterocycles. The number of halogens is 1. The van der Waals surface area contributed by atoms with Gasteiger partial charge in [-0.05, 0) is 37.3 Å².